The van der Waals surface area contributed by atoms with Gasteiger partial charge in [0, 0.05) is 17.3 Å². The molecule has 21 heavy (non-hydrogen) atoms. The number of carboxylic acid groups (broad SMARTS) is 1. The van der Waals surface area contributed by atoms with Crippen molar-refractivity contribution in [1.29, 1.82) is 0 Å². The van der Waals surface area contributed by atoms with Gasteiger partial charge in [0.25, 0.3) is 0 Å². The minimum absolute atomic E-state index is 0.218. The summed E-state index contributed by atoms with van der Waals surface area (Å²) in [5, 5.41) is 8.67. The highest BCUT2D eigenvalue weighted by atomic mass is 19.4. The molecule has 1 aromatic heterocycles. The summed E-state index contributed by atoms with van der Waals surface area (Å²) in [5.74, 6) is -2.34. The summed E-state index contributed by atoms with van der Waals surface area (Å²) in [6, 6.07) is 5.56. The fraction of sp³-hybridized carbons (Fsp3) is 0.143. The van der Waals surface area contributed by atoms with Gasteiger partial charge in [0.2, 0.25) is 0 Å². The predicted octanol–water partition coefficient (Wildman–Crippen LogP) is 3.53. The third-order valence-electron chi connectivity index (χ3n) is 2.80. The summed E-state index contributed by atoms with van der Waals surface area (Å²) < 4.78 is 53.0. The van der Waals surface area contributed by atoms with Gasteiger partial charge in [-0.3, -0.25) is 9.78 Å². The number of aromatic nitrogens is 1. The van der Waals surface area contributed by atoms with E-state index in [9.17, 15) is 22.4 Å². The second-order valence-corrected chi connectivity index (χ2v) is 4.25. The molecule has 0 amide bonds. The predicted molar refractivity (Wildman–Crippen MR) is 66.0 cm³/mol. The van der Waals surface area contributed by atoms with Gasteiger partial charge in [0.05, 0.1) is 12.0 Å². The highest BCUT2D eigenvalue weighted by Crippen LogP contribution is 2.37. The van der Waals surface area contributed by atoms with E-state index >= 15 is 0 Å². The number of alkyl halides is 3. The van der Waals surface area contributed by atoms with Crippen molar-refractivity contribution >= 4 is 5.97 Å². The molecular formula is C14H9F4NO2. The Bertz CT molecular complexity index is 683. The molecule has 0 atom stereocenters. The minimum atomic E-state index is -4.66. The molecule has 0 spiro atoms. The zero-order valence-corrected chi connectivity index (χ0v) is 10.5. The summed E-state index contributed by atoms with van der Waals surface area (Å²) in [6.45, 7) is 0. The van der Waals surface area contributed by atoms with Crippen LogP contribution in [-0.4, -0.2) is 16.1 Å². The number of halogens is 4. The fourth-order valence-corrected chi connectivity index (χ4v) is 1.91. The van der Waals surface area contributed by atoms with E-state index < -0.39 is 41.2 Å². The lowest BCUT2D eigenvalue weighted by molar-refractivity contribution is -0.137. The molecule has 0 aliphatic heterocycles. The lowest BCUT2D eigenvalue weighted by atomic mass is 10.0. The van der Waals surface area contributed by atoms with Crippen molar-refractivity contribution in [2.45, 2.75) is 12.6 Å². The topological polar surface area (TPSA) is 50.2 Å². The Kier molecular flexibility index (Phi) is 3.93. The maximum atomic E-state index is 14.2. The van der Waals surface area contributed by atoms with Crippen LogP contribution in [0.25, 0.3) is 11.3 Å². The number of nitrogens with zero attached hydrogens (tertiary/aromatic N) is 1. The van der Waals surface area contributed by atoms with Gasteiger partial charge in [-0.2, -0.15) is 13.2 Å². The SMILES string of the molecule is O=C(O)Cc1ccnc(-c2ccccc2C(F)(F)F)c1F. The lowest BCUT2D eigenvalue weighted by Crippen LogP contribution is -2.09. The molecule has 0 aliphatic rings. The van der Waals surface area contributed by atoms with Crippen LogP contribution in [0.2, 0.25) is 0 Å². The third kappa shape index (κ3) is 3.18. The zero-order valence-electron chi connectivity index (χ0n) is 10.5. The summed E-state index contributed by atoms with van der Waals surface area (Å²) in [4.78, 5) is 14.3. The Labute approximate surface area is 116 Å². The molecule has 0 unspecified atom stereocenters. The second-order valence-electron chi connectivity index (χ2n) is 4.25. The molecule has 0 aliphatic carbocycles. The molecule has 0 radical (unpaired) electrons. The summed E-state index contributed by atoms with van der Waals surface area (Å²) in [5.41, 5.74) is -2.18. The van der Waals surface area contributed by atoms with Crippen molar-refractivity contribution in [2.75, 3.05) is 0 Å². The highest BCUT2D eigenvalue weighted by molar-refractivity contribution is 5.72. The molecule has 0 fully saturated rings. The Balaban J connectivity index is 2.61. The maximum Gasteiger partial charge on any atom is 0.417 e. The van der Waals surface area contributed by atoms with Gasteiger partial charge >= 0.3 is 12.1 Å². The molecule has 1 aromatic carbocycles. The first-order valence-electron chi connectivity index (χ1n) is 5.82. The molecule has 1 N–H and O–H groups in total. The molecular weight excluding hydrogens is 290 g/mol. The van der Waals surface area contributed by atoms with Gasteiger partial charge in [0.1, 0.15) is 5.69 Å². The molecule has 2 rings (SSSR count). The average molecular weight is 299 g/mol. The van der Waals surface area contributed by atoms with Gasteiger partial charge in [-0.05, 0) is 12.1 Å². The first-order chi connectivity index (χ1) is 9.80. The number of carboxylic acids is 1. The maximum absolute atomic E-state index is 14.2. The van der Waals surface area contributed by atoms with Crippen molar-refractivity contribution in [3.8, 4) is 11.3 Å². The van der Waals surface area contributed by atoms with Crippen LogP contribution in [0.3, 0.4) is 0 Å². The average Bonchev–Trinajstić information content (AvgIpc) is 2.40. The number of carbonyl (C=O) groups is 1. The van der Waals surface area contributed by atoms with Crippen LogP contribution in [0.4, 0.5) is 17.6 Å². The second kappa shape index (κ2) is 5.51. The zero-order chi connectivity index (χ0) is 15.6. The smallest absolute Gasteiger partial charge is 0.417 e. The van der Waals surface area contributed by atoms with Crippen LogP contribution in [0, 0.1) is 5.82 Å². The van der Waals surface area contributed by atoms with Gasteiger partial charge in [-0.1, -0.05) is 18.2 Å². The molecule has 0 saturated carbocycles. The van der Waals surface area contributed by atoms with Crippen molar-refractivity contribution in [1.82, 2.24) is 4.98 Å². The van der Waals surface area contributed by atoms with Crippen LogP contribution in [0.5, 0.6) is 0 Å². The van der Waals surface area contributed by atoms with Gasteiger partial charge in [0.15, 0.2) is 5.82 Å². The summed E-state index contributed by atoms with van der Waals surface area (Å²) in [7, 11) is 0. The van der Waals surface area contributed by atoms with Crippen LogP contribution in [0.15, 0.2) is 36.5 Å². The third-order valence-corrected chi connectivity index (χ3v) is 2.80. The number of aliphatic carboxylic acids is 1. The van der Waals surface area contributed by atoms with Crippen LogP contribution in [0.1, 0.15) is 11.1 Å². The number of pyridine rings is 1. The first kappa shape index (κ1) is 15.0. The van der Waals surface area contributed by atoms with Crippen LogP contribution < -0.4 is 0 Å². The van der Waals surface area contributed by atoms with Crippen molar-refractivity contribution in [2.24, 2.45) is 0 Å². The van der Waals surface area contributed by atoms with Crippen molar-refractivity contribution in [3.63, 3.8) is 0 Å². The van der Waals surface area contributed by atoms with E-state index in [1.807, 2.05) is 0 Å². The Morgan fingerprint density at radius 2 is 1.86 bits per heavy atom. The standard InChI is InChI=1S/C14H9F4NO2/c15-12-8(7-11(20)21)5-6-19-13(12)9-3-1-2-4-10(9)14(16,17)18/h1-6H,7H2,(H,20,21). The quantitative estimate of drug-likeness (QED) is 0.882. The van der Waals surface area contributed by atoms with Crippen LogP contribution in [-0.2, 0) is 17.4 Å². The molecule has 1 heterocycles. The monoisotopic (exact) mass is 299 g/mol. The van der Waals surface area contributed by atoms with Gasteiger partial charge in [-0.25, -0.2) is 4.39 Å². The van der Waals surface area contributed by atoms with Crippen molar-refractivity contribution in [3.05, 3.63) is 53.5 Å². The molecule has 2 aromatic rings. The number of benzene rings is 1. The van der Waals surface area contributed by atoms with E-state index in [2.05, 4.69) is 4.98 Å². The van der Waals surface area contributed by atoms with Gasteiger partial charge < -0.3 is 5.11 Å². The van der Waals surface area contributed by atoms with E-state index in [1.165, 1.54) is 12.1 Å². The van der Waals surface area contributed by atoms with Crippen molar-refractivity contribution < 1.29 is 27.5 Å². The molecule has 0 saturated heterocycles. The summed E-state index contributed by atoms with van der Waals surface area (Å²) in [6.07, 6.45) is -4.20. The van der Waals surface area contributed by atoms with Crippen LogP contribution >= 0.6 is 0 Å². The fourth-order valence-electron chi connectivity index (χ4n) is 1.91. The van der Waals surface area contributed by atoms with E-state index in [0.29, 0.717) is 0 Å². The first-order valence-corrected chi connectivity index (χ1v) is 5.82. The Hall–Kier alpha value is -2.44. The Morgan fingerprint density at radius 1 is 1.19 bits per heavy atom. The van der Waals surface area contributed by atoms with Gasteiger partial charge in [-0.15, -0.1) is 0 Å². The normalized spacial score (nSPS) is 11.4. The molecule has 3 nitrogen and oxygen atoms in total. The largest absolute Gasteiger partial charge is 0.481 e. The molecule has 110 valence electrons. The van der Waals surface area contributed by atoms with E-state index in [-0.39, 0.29) is 5.56 Å². The minimum Gasteiger partial charge on any atom is -0.481 e. The van der Waals surface area contributed by atoms with E-state index in [1.54, 1.807) is 0 Å². The number of hydrogen-bond acceptors (Lipinski definition) is 2. The summed E-state index contributed by atoms with van der Waals surface area (Å²) >= 11 is 0. The Morgan fingerprint density at radius 3 is 2.48 bits per heavy atom. The molecule has 7 heteroatoms. The lowest BCUT2D eigenvalue weighted by Gasteiger charge is -2.13. The number of rotatable bonds is 3. The molecule has 0 bridgehead atoms. The number of hydrogen-bond donors (Lipinski definition) is 1. The van der Waals surface area contributed by atoms with E-state index in [4.69, 9.17) is 5.11 Å². The van der Waals surface area contributed by atoms with E-state index in [0.717, 1.165) is 24.4 Å². The highest BCUT2D eigenvalue weighted by Gasteiger charge is 2.34.